The number of rotatable bonds is 0. The van der Waals surface area contributed by atoms with E-state index in [1.165, 1.54) is 0 Å². The monoisotopic (exact) mass is 211 g/mol. The second-order valence-corrected chi connectivity index (χ2v) is 3.15. The number of aromatic nitrogens is 3. The Morgan fingerprint density at radius 2 is 1.93 bits per heavy atom. The zero-order valence-electron chi connectivity index (χ0n) is 8.87. The number of imidazole rings is 1. The fourth-order valence-corrected chi connectivity index (χ4v) is 1.23. The number of fused-ring (bicyclic) bond motifs is 1. The van der Waals surface area contributed by atoms with E-state index in [4.69, 9.17) is 11.6 Å². The van der Waals surface area contributed by atoms with Gasteiger partial charge in [0.2, 0.25) is 0 Å². The van der Waals surface area contributed by atoms with Crippen LogP contribution in [0.15, 0.2) is 12.3 Å². The van der Waals surface area contributed by atoms with Gasteiger partial charge in [-0.3, -0.25) is 0 Å². The lowest BCUT2D eigenvalue weighted by Crippen LogP contribution is -1.96. The van der Waals surface area contributed by atoms with Crippen LogP contribution in [0, 0.1) is 13.8 Å². The van der Waals surface area contributed by atoms with E-state index < -0.39 is 0 Å². The highest BCUT2D eigenvalue weighted by atomic mass is 35.5. The number of nitrogens with zero attached hydrogens (tertiary/aromatic N) is 3. The normalized spacial score (nSPS) is 9.79. The SMILES string of the molecule is CC.Cc1nn2c(C)cnc2cc1Cl. The molecule has 0 aliphatic heterocycles. The highest BCUT2D eigenvalue weighted by Gasteiger charge is 2.03. The Balaban J connectivity index is 0.000000461. The van der Waals surface area contributed by atoms with E-state index in [9.17, 15) is 0 Å². The molecule has 2 aromatic rings. The summed E-state index contributed by atoms with van der Waals surface area (Å²) >= 11 is 5.88. The zero-order chi connectivity index (χ0) is 10.7. The fraction of sp³-hybridized carbons (Fsp3) is 0.400. The van der Waals surface area contributed by atoms with Crippen molar-refractivity contribution in [2.75, 3.05) is 0 Å². The molecule has 0 aliphatic carbocycles. The van der Waals surface area contributed by atoms with Gasteiger partial charge in [-0.25, -0.2) is 9.50 Å². The van der Waals surface area contributed by atoms with Crippen LogP contribution in [-0.2, 0) is 0 Å². The summed E-state index contributed by atoms with van der Waals surface area (Å²) in [6.07, 6.45) is 1.78. The first-order valence-electron chi connectivity index (χ1n) is 4.66. The number of hydrogen-bond donors (Lipinski definition) is 0. The summed E-state index contributed by atoms with van der Waals surface area (Å²) in [6.45, 7) is 7.83. The van der Waals surface area contributed by atoms with Crippen molar-refractivity contribution < 1.29 is 0 Å². The number of hydrogen-bond acceptors (Lipinski definition) is 2. The third-order valence-corrected chi connectivity index (χ3v) is 2.17. The van der Waals surface area contributed by atoms with Gasteiger partial charge in [-0.2, -0.15) is 5.10 Å². The Bertz CT molecular complexity index is 434. The van der Waals surface area contributed by atoms with E-state index in [2.05, 4.69) is 10.1 Å². The molecule has 0 spiro atoms. The van der Waals surface area contributed by atoms with Crippen molar-refractivity contribution >= 4 is 17.2 Å². The van der Waals surface area contributed by atoms with Gasteiger partial charge in [0.05, 0.1) is 22.6 Å². The predicted octanol–water partition coefficient (Wildman–Crippen LogP) is 3.03. The molecule has 0 saturated heterocycles. The largest absolute Gasteiger partial charge is 0.235 e. The summed E-state index contributed by atoms with van der Waals surface area (Å²) in [6, 6.07) is 1.82. The Morgan fingerprint density at radius 1 is 1.29 bits per heavy atom. The smallest absolute Gasteiger partial charge is 0.155 e. The molecule has 2 rings (SSSR count). The first-order valence-corrected chi connectivity index (χ1v) is 5.04. The van der Waals surface area contributed by atoms with E-state index in [0.717, 1.165) is 17.0 Å². The van der Waals surface area contributed by atoms with E-state index in [0.29, 0.717) is 5.02 Å². The number of aryl methyl sites for hydroxylation is 2. The summed E-state index contributed by atoms with van der Waals surface area (Å²) in [5.74, 6) is 0. The summed E-state index contributed by atoms with van der Waals surface area (Å²) in [4.78, 5) is 4.14. The van der Waals surface area contributed by atoms with E-state index in [1.807, 2.05) is 33.8 Å². The van der Waals surface area contributed by atoms with Crippen LogP contribution in [0.2, 0.25) is 5.02 Å². The molecule has 0 bridgehead atoms. The molecule has 14 heavy (non-hydrogen) atoms. The molecule has 4 heteroatoms. The van der Waals surface area contributed by atoms with Crippen LogP contribution in [0.5, 0.6) is 0 Å². The van der Waals surface area contributed by atoms with Gasteiger partial charge in [-0.05, 0) is 13.8 Å². The minimum Gasteiger partial charge on any atom is -0.235 e. The highest BCUT2D eigenvalue weighted by Crippen LogP contribution is 2.14. The maximum atomic E-state index is 5.88. The van der Waals surface area contributed by atoms with E-state index >= 15 is 0 Å². The minimum absolute atomic E-state index is 0.660. The van der Waals surface area contributed by atoms with Gasteiger partial charge in [0.15, 0.2) is 5.65 Å². The summed E-state index contributed by atoms with van der Waals surface area (Å²) in [7, 11) is 0. The molecule has 0 atom stereocenters. The average molecular weight is 212 g/mol. The second-order valence-electron chi connectivity index (χ2n) is 2.75. The Hall–Kier alpha value is -1.09. The lowest BCUT2D eigenvalue weighted by Gasteiger charge is -1.98. The van der Waals surface area contributed by atoms with Gasteiger partial charge in [-0.15, -0.1) is 0 Å². The Morgan fingerprint density at radius 3 is 2.57 bits per heavy atom. The first kappa shape index (κ1) is 11.0. The van der Waals surface area contributed by atoms with Crippen LogP contribution in [0.4, 0.5) is 0 Å². The van der Waals surface area contributed by atoms with Crippen molar-refractivity contribution in [2.45, 2.75) is 27.7 Å². The van der Waals surface area contributed by atoms with Crippen molar-refractivity contribution in [3.63, 3.8) is 0 Å². The molecule has 76 valence electrons. The van der Waals surface area contributed by atoms with Crippen LogP contribution in [0.25, 0.3) is 5.65 Å². The molecular weight excluding hydrogens is 198 g/mol. The summed E-state index contributed by atoms with van der Waals surface area (Å²) in [5, 5.41) is 4.92. The molecule has 2 heterocycles. The maximum Gasteiger partial charge on any atom is 0.155 e. The minimum atomic E-state index is 0.660. The van der Waals surface area contributed by atoms with Gasteiger partial charge in [-0.1, -0.05) is 25.4 Å². The van der Waals surface area contributed by atoms with Crippen molar-refractivity contribution in [3.05, 3.63) is 28.7 Å². The van der Waals surface area contributed by atoms with Crippen molar-refractivity contribution in [1.29, 1.82) is 0 Å². The predicted molar refractivity (Wildman–Crippen MR) is 58.8 cm³/mol. The van der Waals surface area contributed by atoms with Crippen LogP contribution < -0.4 is 0 Å². The van der Waals surface area contributed by atoms with Gasteiger partial charge in [0, 0.05) is 6.07 Å². The van der Waals surface area contributed by atoms with Gasteiger partial charge < -0.3 is 0 Å². The lowest BCUT2D eigenvalue weighted by molar-refractivity contribution is 0.871. The van der Waals surface area contributed by atoms with Crippen LogP contribution >= 0.6 is 11.6 Å². The Labute approximate surface area is 88.7 Å². The maximum absolute atomic E-state index is 5.88. The molecule has 0 radical (unpaired) electrons. The third-order valence-electron chi connectivity index (χ3n) is 1.79. The molecule has 0 aromatic carbocycles. The molecule has 2 aromatic heterocycles. The fourth-order valence-electron chi connectivity index (χ4n) is 1.09. The van der Waals surface area contributed by atoms with E-state index in [-0.39, 0.29) is 0 Å². The molecule has 0 N–H and O–H groups in total. The van der Waals surface area contributed by atoms with Crippen molar-refractivity contribution in [3.8, 4) is 0 Å². The molecule has 0 fully saturated rings. The standard InChI is InChI=1S/C8H8ClN3.C2H6/c1-5-4-10-8-3-7(9)6(2)11-12(5)8;1-2/h3-4H,1-2H3;1-2H3. The number of halogens is 1. The third kappa shape index (κ3) is 1.87. The molecule has 3 nitrogen and oxygen atoms in total. The van der Waals surface area contributed by atoms with Crippen LogP contribution in [0.1, 0.15) is 25.2 Å². The molecule has 0 saturated carbocycles. The molecular formula is C10H14ClN3. The molecule has 0 amide bonds. The topological polar surface area (TPSA) is 30.2 Å². The molecule has 0 unspecified atom stereocenters. The highest BCUT2D eigenvalue weighted by molar-refractivity contribution is 6.31. The van der Waals surface area contributed by atoms with Gasteiger partial charge in [0.1, 0.15) is 0 Å². The zero-order valence-corrected chi connectivity index (χ0v) is 9.63. The average Bonchev–Trinajstić information content (AvgIpc) is 2.53. The summed E-state index contributed by atoms with van der Waals surface area (Å²) < 4.78 is 1.78. The van der Waals surface area contributed by atoms with Crippen molar-refractivity contribution in [2.24, 2.45) is 0 Å². The van der Waals surface area contributed by atoms with Crippen LogP contribution in [-0.4, -0.2) is 14.6 Å². The summed E-state index contributed by atoms with van der Waals surface area (Å²) in [5.41, 5.74) is 2.64. The van der Waals surface area contributed by atoms with Crippen LogP contribution in [0.3, 0.4) is 0 Å². The quantitative estimate of drug-likeness (QED) is 0.671. The van der Waals surface area contributed by atoms with Crippen molar-refractivity contribution in [1.82, 2.24) is 14.6 Å². The Kier molecular flexibility index (Phi) is 3.47. The second kappa shape index (κ2) is 4.42. The first-order chi connectivity index (χ1) is 6.68. The lowest BCUT2D eigenvalue weighted by atomic mass is 10.4. The molecule has 0 aliphatic rings. The van der Waals surface area contributed by atoms with Gasteiger partial charge in [0.25, 0.3) is 0 Å². The van der Waals surface area contributed by atoms with Gasteiger partial charge >= 0.3 is 0 Å². The van der Waals surface area contributed by atoms with E-state index in [1.54, 1.807) is 10.7 Å².